The average molecular weight is 421 g/mol. The van der Waals surface area contributed by atoms with Crippen LogP contribution in [0.1, 0.15) is 49.6 Å². The summed E-state index contributed by atoms with van der Waals surface area (Å²) in [6.45, 7) is 4.59. The number of hydrogen-bond donors (Lipinski definition) is 1. The highest BCUT2D eigenvalue weighted by Gasteiger charge is 2.29. The maximum Gasteiger partial charge on any atom is 0.234 e. The van der Waals surface area contributed by atoms with Gasteiger partial charge in [-0.2, -0.15) is 0 Å². The van der Waals surface area contributed by atoms with Gasteiger partial charge >= 0.3 is 0 Å². The van der Waals surface area contributed by atoms with Gasteiger partial charge in [-0.3, -0.25) is 9.69 Å². The summed E-state index contributed by atoms with van der Waals surface area (Å²) in [5, 5.41) is 4.14. The number of ether oxygens (including phenoxy) is 2. The van der Waals surface area contributed by atoms with Crippen LogP contribution in [0.25, 0.3) is 11.0 Å². The Bertz CT molecular complexity index is 1040. The van der Waals surface area contributed by atoms with Crippen LogP contribution in [0.2, 0.25) is 0 Å². The van der Waals surface area contributed by atoms with Gasteiger partial charge < -0.3 is 19.2 Å². The van der Waals surface area contributed by atoms with E-state index in [-0.39, 0.29) is 18.0 Å². The zero-order chi connectivity index (χ0) is 21.2. The molecule has 0 radical (unpaired) electrons. The number of carbonyl (C=O) groups excluding carboxylic acids is 1. The molecule has 1 aromatic heterocycles. The van der Waals surface area contributed by atoms with Crippen molar-refractivity contribution in [2.45, 2.75) is 38.3 Å². The molecule has 0 spiro atoms. The summed E-state index contributed by atoms with van der Waals surface area (Å²) in [4.78, 5) is 15.1. The first-order chi connectivity index (χ1) is 15.2. The Kier molecular flexibility index (Phi) is 5.55. The summed E-state index contributed by atoms with van der Waals surface area (Å²) in [6.07, 6.45) is 3.00. The smallest absolute Gasteiger partial charge is 0.234 e. The lowest BCUT2D eigenvalue weighted by Crippen LogP contribution is -2.38. The Labute approximate surface area is 182 Å². The van der Waals surface area contributed by atoms with Crippen molar-refractivity contribution >= 4 is 16.9 Å². The van der Waals surface area contributed by atoms with Crippen molar-refractivity contribution in [3.05, 3.63) is 59.9 Å². The van der Waals surface area contributed by atoms with Gasteiger partial charge in [-0.05, 0) is 56.1 Å². The third-order valence-corrected chi connectivity index (χ3v) is 6.12. The van der Waals surface area contributed by atoms with E-state index < -0.39 is 0 Å². The molecular weight excluding hydrogens is 392 g/mol. The Balaban J connectivity index is 1.24. The molecule has 1 saturated heterocycles. The second kappa shape index (κ2) is 8.63. The Morgan fingerprint density at radius 3 is 2.81 bits per heavy atom. The molecule has 1 fully saturated rings. The van der Waals surface area contributed by atoms with Gasteiger partial charge in [-0.25, -0.2) is 0 Å². The molecule has 3 aromatic rings. The molecular formula is C25H28N2O4. The molecule has 3 heterocycles. The maximum atomic E-state index is 12.8. The molecule has 2 aromatic carbocycles. The summed E-state index contributed by atoms with van der Waals surface area (Å²) in [6, 6.07) is 16.1. The highest BCUT2D eigenvalue weighted by molar-refractivity contribution is 5.80. The first kappa shape index (κ1) is 19.9. The molecule has 1 amide bonds. The molecule has 0 unspecified atom stereocenters. The number of furan rings is 1. The zero-order valence-corrected chi connectivity index (χ0v) is 17.8. The van der Waals surface area contributed by atoms with E-state index in [1.54, 1.807) is 0 Å². The minimum Gasteiger partial charge on any atom is -0.490 e. The number of hydrogen-bond acceptors (Lipinski definition) is 5. The molecule has 2 aliphatic rings. The third kappa shape index (κ3) is 4.26. The maximum absolute atomic E-state index is 12.8. The lowest BCUT2D eigenvalue weighted by Gasteiger charge is -2.25. The Morgan fingerprint density at radius 2 is 1.94 bits per heavy atom. The van der Waals surface area contributed by atoms with Crippen LogP contribution in [-0.4, -0.2) is 37.1 Å². The fourth-order valence-corrected chi connectivity index (χ4v) is 4.54. The van der Waals surface area contributed by atoms with Crippen LogP contribution in [0, 0.1) is 0 Å². The molecule has 2 atom stereocenters. The second-order valence-electron chi connectivity index (χ2n) is 8.36. The van der Waals surface area contributed by atoms with E-state index in [0.717, 1.165) is 54.0 Å². The van der Waals surface area contributed by atoms with Crippen molar-refractivity contribution in [3.63, 3.8) is 0 Å². The van der Waals surface area contributed by atoms with E-state index in [4.69, 9.17) is 13.9 Å². The molecule has 5 rings (SSSR count). The normalized spacial score (nSPS) is 19.8. The number of amides is 1. The lowest BCUT2D eigenvalue weighted by atomic mass is 10.0. The summed E-state index contributed by atoms with van der Waals surface area (Å²) < 4.78 is 17.5. The molecule has 1 N–H and O–H groups in total. The van der Waals surface area contributed by atoms with Crippen LogP contribution in [-0.2, 0) is 4.79 Å². The van der Waals surface area contributed by atoms with Crippen LogP contribution in [0.5, 0.6) is 11.5 Å². The predicted octanol–water partition coefficient (Wildman–Crippen LogP) is 4.61. The first-order valence-electron chi connectivity index (χ1n) is 11.1. The van der Waals surface area contributed by atoms with Crippen LogP contribution in [0.4, 0.5) is 0 Å². The number of fused-ring (bicyclic) bond motifs is 2. The second-order valence-corrected chi connectivity index (χ2v) is 8.36. The summed E-state index contributed by atoms with van der Waals surface area (Å²) in [7, 11) is 0. The molecule has 6 nitrogen and oxygen atoms in total. The minimum atomic E-state index is -0.181. The number of likely N-dealkylation sites (tertiary alicyclic amines) is 1. The molecule has 2 aliphatic heterocycles. The number of carbonyl (C=O) groups is 1. The molecule has 162 valence electrons. The molecule has 0 bridgehead atoms. The van der Waals surface area contributed by atoms with E-state index >= 15 is 0 Å². The van der Waals surface area contributed by atoms with E-state index in [1.165, 1.54) is 5.56 Å². The topological polar surface area (TPSA) is 63.9 Å². The van der Waals surface area contributed by atoms with Gasteiger partial charge in [0.2, 0.25) is 5.91 Å². The minimum absolute atomic E-state index is 0.00852. The van der Waals surface area contributed by atoms with E-state index in [9.17, 15) is 4.79 Å². The summed E-state index contributed by atoms with van der Waals surface area (Å²) >= 11 is 0. The number of nitrogens with zero attached hydrogens (tertiary/aromatic N) is 1. The van der Waals surface area contributed by atoms with Crippen LogP contribution in [0.3, 0.4) is 0 Å². The van der Waals surface area contributed by atoms with Gasteiger partial charge in [0.25, 0.3) is 0 Å². The first-order valence-corrected chi connectivity index (χ1v) is 11.1. The standard InChI is InChI=1S/C25H28N2O4/c1-17(23-15-19-6-2-3-8-21(19)31-23)26-25(28)16-27-11-4-7-20(27)18-9-10-22-24(14-18)30-13-5-12-29-22/h2-3,6,8-10,14-15,17,20H,4-5,7,11-13,16H2,1H3,(H,26,28)/t17-,20+/m1/s1. The fraction of sp³-hybridized carbons (Fsp3) is 0.400. The van der Waals surface area contributed by atoms with Crippen LogP contribution in [0.15, 0.2) is 52.9 Å². The molecule has 31 heavy (non-hydrogen) atoms. The highest BCUT2D eigenvalue weighted by atomic mass is 16.5. The van der Waals surface area contributed by atoms with Gasteiger partial charge in [0.15, 0.2) is 11.5 Å². The van der Waals surface area contributed by atoms with Gasteiger partial charge in [-0.1, -0.05) is 24.3 Å². The predicted molar refractivity (Wildman–Crippen MR) is 118 cm³/mol. The third-order valence-electron chi connectivity index (χ3n) is 6.12. The lowest BCUT2D eigenvalue weighted by molar-refractivity contribution is -0.123. The number of rotatable bonds is 5. The number of benzene rings is 2. The van der Waals surface area contributed by atoms with E-state index in [0.29, 0.717) is 19.8 Å². The van der Waals surface area contributed by atoms with Crippen molar-refractivity contribution in [1.82, 2.24) is 10.2 Å². The van der Waals surface area contributed by atoms with E-state index in [2.05, 4.69) is 22.3 Å². The van der Waals surface area contributed by atoms with Gasteiger partial charge in [0.1, 0.15) is 11.3 Å². The number of nitrogens with one attached hydrogen (secondary N) is 1. The van der Waals surface area contributed by atoms with Gasteiger partial charge in [-0.15, -0.1) is 0 Å². The van der Waals surface area contributed by atoms with Gasteiger partial charge in [0.05, 0.1) is 25.8 Å². The van der Waals surface area contributed by atoms with Crippen molar-refractivity contribution in [2.24, 2.45) is 0 Å². The van der Waals surface area contributed by atoms with Crippen LogP contribution >= 0.6 is 0 Å². The Morgan fingerprint density at radius 1 is 1.10 bits per heavy atom. The summed E-state index contributed by atoms with van der Waals surface area (Å²) in [5.74, 6) is 2.40. The van der Waals surface area contributed by atoms with Gasteiger partial charge in [0, 0.05) is 17.8 Å². The highest BCUT2D eigenvalue weighted by Crippen LogP contribution is 2.37. The SMILES string of the molecule is C[C@@H](NC(=O)CN1CCC[C@H]1c1ccc2c(c1)OCCCO2)c1cc2ccccc2o1. The molecule has 6 heteroatoms. The summed E-state index contributed by atoms with van der Waals surface area (Å²) in [5.41, 5.74) is 2.02. The van der Waals surface area contributed by atoms with E-state index in [1.807, 2.05) is 43.3 Å². The van der Waals surface area contributed by atoms with Crippen molar-refractivity contribution in [3.8, 4) is 11.5 Å². The van der Waals surface area contributed by atoms with Crippen molar-refractivity contribution in [2.75, 3.05) is 26.3 Å². The van der Waals surface area contributed by atoms with Crippen LogP contribution < -0.4 is 14.8 Å². The Hall–Kier alpha value is -2.99. The number of para-hydroxylation sites is 1. The molecule has 0 saturated carbocycles. The average Bonchev–Trinajstić information content (AvgIpc) is 3.34. The quantitative estimate of drug-likeness (QED) is 0.653. The van der Waals surface area contributed by atoms with Crippen molar-refractivity contribution < 1.29 is 18.7 Å². The van der Waals surface area contributed by atoms with Crippen molar-refractivity contribution in [1.29, 1.82) is 0 Å². The largest absolute Gasteiger partial charge is 0.490 e. The monoisotopic (exact) mass is 420 g/mol. The molecule has 0 aliphatic carbocycles. The fourth-order valence-electron chi connectivity index (χ4n) is 4.54. The zero-order valence-electron chi connectivity index (χ0n) is 17.8.